The maximum absolute atomic E-state index is 13.1. The fraction of sp³-hybridized carbons (Fsp3) is 0.323. The zero-order chi connectivity index (χ0) is 28.6. The van der Waals surface area contributed by atoms with E-state index < -0.39 is 0 Å². The number of piperidine rings is 1. The summed E-state index contributed by atoms with van der Waals surface area (Å²) in [6.07, 6.45) is 12.1. The Bertz CT molecular complexity index is 1510. The van der Waals surface area contributed by atoms with Crippen molar-refractivity contribution in [3.8, 4) is 0 Å². The summed E-state index contributed by atoms with van der Waals surface area (Å²) >= 11 is 0. The van der Waals surface area contributed by atoms with Crippen molar-refractivity contribution in [2.45, 2.75) is 46.5 Å². The summed E-state index contributed by atoms with van der Waals surface area (Å²) in [4.78, 5) is 51.9. The normalized spacial score (nSPS) is 14.4. The summed E-state index contributed by atoms with van der Waals surface area (Å²) in [5.41, 5.74) is 5.11. The van der Waals surface area contributed by atoms with Gasteiger partial charge >= 0.3 is 0 Å². The predicted molar refractivity (Wildman–Crippen MR) is 166 cm³/mol. The summed E-state index contributed by atoms with van der Waals surface area (Å²) < 4.78 is 0. The molecule has 1 fully saturated rings. The number of likely N-dealkylation sites (tertiary alicyclic amines) is 1. The molecule has 1 aliphatic heterocycles. The molecule has 4 rings (SSSR count). The van der Waals surface area contributed by atoms with Crippen LogP contribution < -0.4 is 10.6 Å². The van der Waals surface area contributed by atoms with Gasteiger partial charge in [0.05, 0.1) is 35.4 Å². The van der Waals surface area contributed by atoms with E-state index >= 15 is 0 Å². The largest absolute Gasteiger partial charge is 0.339 e. The van der Waals surface area contributed by atoms with Crippen LogP contribution in [0.3, 0.4) is 0 Å². The minimum Gasteiger partial charge on any atom is -0.339 e. The molecule has 0 radical (unpaired) electrons. The van der Waals surface area contributed by atoms with Gasteiger partial charge in [0.1, 0.15) is 5.65 Å². The van der Waals surface area contributed by atoms with Gasteiger partial charge < -0.3 is 15.6 Å². The quantitative estimate of drug-likeness (QED) is 0.159. The van der Waals surface area contributed by atoms with Crippen molar-refractivity contribution >= 4 is 45.6 Å². The van der Waals surface area contributed by atoms with Crippen molar-refractivity contribution in [2.75, 3.05) is 30.3 Å². The Morgan fingerprint density at radius 2 is 1.85 bits per heavy atom. The third kappa shape index (κ3) is 7.60. The van der Waals surface area contributed by atoms with Gasteiger partial charge in [0.15, 0.2) is 5.78 Å². The number of hydrogen-bond donors (Lipinski definition) is 3. The number of nitrogens with one attached hydrogen (secondary N) is 3. The topological polar surface area (TPSA) is 120 Å². The molecule has 9 nitrogen and oxygen atoms in total. The number of amides is 2. The van der Waals surface area contributed by atoms with Gasteiger partial charge in [-0.25, -0.2) is 4.98 Å². The van der Waals surface area contributed by atoms with Gasteiger partial charge in [0.2, 0.25) is 5.91 Å². The van der Waals surface area contributed by atoms with Gasteiger partial charge in [0, 0.05) is 28.0 Å². The van der Waals surface area contributed by atoms with E-state index in [1.807, 2.05) is 26.0 Å². The Morgan fingerprint density at radius 3 is 2.58 bits per heavy atom. The Morgan fingerprint density at radius 1 is 1.07 bits per heavy atom. The van der Waals surface area contributed by atoms with Crippen molar-refractivity contribution in [1.29, 1.82) is 0 Å². The van der Waals surface area contributed by atoms with E-state index in [0.29, 0.717) is 41.2 Å². The van der Waals surface area contributed by atoms with Crippen molar-refractivity contribution < 1.29 is 18.7 Å². The first-order valence-corrected chi connectivity index (χ1v) is 13.5. The number of carbonyl (C=O) groups is 3. The minimum atomic E-state index is -0.338. The number of carbonyl (C=O) groups excluding carboxylic acids is 3. The Hall–Kier alpha value is -4.37. The zero-order valence-corrected chi connectivity index (χ0v) is 23.3. The molecule has 0 aromatic carbocycles. The van der Waals surface area contributed by atoms with Crippen LogP contribution in [0.1, 0.15) is 65.6 Å². The Kier molecular flexibility index (Phi) is 9.39. The van der Waals surface area contributed by atoms with Gasteiger partial charge in [-0.2, -0.15) is 0 Å². The number of aryl methyl sites for hydroxylation is 1. The highest BCUT2D eigenvalue weighted by atomic mass is 16.2. The molecule has 0 spiro atoms. The highest BCUT2D eigenvalue weighted by molar-refractivity contribution is 6.06. The van der Waals surface area contributed by atoms with Crippen LogP contribution in [0.25, 0.3) is 16.6 Å². The number of nitrogens with zero attached hydrogens (tertiary/aromatic N) is 3. The number of allylic oxidation sites excluding steroid dienone is 5. The molecule has 9 heteroatoms. The highest BCUT2D eigenvalue weighted by Crippen LogP contribution is 2.23. The molecule has 0 aliphatic carbocycles. The van der Waals surface area contributed by atoms with E-state index in [2.05, 4.69) is 37.1 Å². The van der Waals surface area contributed by atoms with Gasteiger partial charge in [-0.05, 0) is 82.6 Å². The highest BCUT2D eigenvalue weighted by Gasteiger charge is 2.16. The number of rotatable bonds is 10. The van der Waals surface area contributed by atoms with Crippen LogP contribution in [0.2, 0.25) is 0 Å². The lowest BCUT2D eigenvalue weighted by Crippen LogP contribution is -2.36. The van der Waals surface area contributed by atoms with Gasteiger partial charge in [-0.15, -0.1) is 0 Å². The van der Waals surface area contributed by atoms with E-state index in [4.69, 9.17) is 0 Å². The minimum absolute atomic E-state index is 0. The smallest absolute Gasteiger partial charge is 0.257 e. The maximum atomic E-state index is 13.1. The summed E-state index contributed by atoms with van der Waals surface area (Å²) in [6, 6.07) is 5.37. The Balaban J connectivity index is 0.00000308. The zero-order valence-electron chi connectivity index (χ0n) is 23.3. The fourth-order valence-electron chi connectivity index (χ4n) is 4.62. The van der Waals surface area contributed by atoms with Crippen molar-refractivity contribution in [2.24, 2.45) is 0 Å². The molecule has 0 bridgehead atoms. The van der Waals surface area contributed by atoms with Crippen molar-refractivity contribution in [1.82, 2.24) is 19.9 Å². The van der Waals surface area contributed by atoms with Gasteiger partial charge in [-0.3, -0.25) is 24.3 Å². The number of pyridine rings is 2. The molecular formula is C31H42N6O3. The third-order valence-corrected chi connectivity index (χ3v) is 6.71. The van der Waals surface area contributed by atoms with Gasteiger partial charge in [0.25, 0.3) is 5.91 Å². The molecule has 1 saturated heterocycles. The number of hydrogen-bond acceptors (Lipinski definition) is 6. The second-order valence-corrected chi connectivity index (χ2v) is 10.2. The maximum Gasteiger partial charge on any atom is 0.257 e. The molecule has 0 saturated carbocycles. The number of aromatic amines is 1. The molecular weight excluding hydrogens is 504 g/mol. The van der Waals surface area contributed by atoms with Crippen LogP contribution >= 0.6 is 0 Å². The van der Waals surface area contributed by atoms with E-state index in [1.165, 1.54) is 12.6 Å². The monoisotopic (exact) mass is 546 g/mol. The van der Waals surface area contributed by atoms with E-state index in [1.54, 1.807) is 37.4 Å². The molecule has 2 amide bonds. The molecule has 0 unspecified atom stereocenters. The van der Waals surface area contributed by atoms with Crippen LogP contribution in [0.15, 0.2) is 61.0 Å². The molecule has 4 heterocycles. The summed E-state index contributed by atoms with van der Waals surface area (Å²) in [5.74, 6) is -0.455. The summed E-state index contributed by atoms with van der Waals surface area (Å²) in [5, 5.41) is 6.55. The fourth-order valence-corrected chi connectivity index (χ4v) is 4.62. The molecule has 3 aromatic rings. The summed E-state index contributed by atoms with van der Waals surface area (Å²) in [7, 11) is 0. The number of fused-ring (bicyclic) bond motifs is 1. The molecule has 1 aliphatic rings. The average molecular weight is 547 g/mol. The molecule has 40 heavy (non-hydrogen) atoms. The number of aromatic nitrogens is 3. The van der Waals surface area contributed by atoms with E-state index in [9.17, 15) is 14.4 Å². The van der Waals surface area contributed by atoms with Crippen LogP contribution in [-0.4, -0.2) is 57.1 Å². The lowest BCUT2D eigenvalue weighted by Gasteiger charge is -2.25. The van der Waals surface area contributed by atoms with Crippen LogP contribution in [0.5, 0.6) is 0 Å². The van der Waals surface area contributed by atoms with Crippen molar-refractivity contribution in [3.63, 3.8) is 0 Å². The number of ketones is 1. The SMILES string of the molecule is C=C(C)CC(=O)/C=C\C(=C/C)c1cc2cc(C(=O)Nc3cc(NC(=O)CN4CCCCC4)cnc3C)cnc2[nH]1.[HH].[HH].[HH]. The standard InChI is InChI=1S/C31H36N6O3.3H2/c1-5-22(9-10-26(38)13-20(2)3)28-15-23-14-24(17-33-30(23)35-28)31(40)36-27-16-25(18-32-21(27)4)34-29(39)19-37-11-7-6-8-12-37;;;/h5,9-10,14-18H,2,6-8,11-13,19H2,1,3-4H3,(H,33,35)(H,34,39)(H,36,40);3*1H/b10-9-,22-5+;;;. The second kappa shape index (κ2) is 13.1. The van der Waals surface area contributed by atoms with Crippen LogP contribution in [-0.2, 0) is 9.59 Å². The third-order valence-electron chi connectivity index (χ3n) is 6.71. The lowest BCUT2D eigenvalue weighted by molar-refractivity contribution is -0.117. The van der Waals surface area contributed by atoms with Crippen molar-refractivity contribution in [3.05, 3.63) is 77.9 Å². The predicted octanol–water partition coefficient (Wildman–Crippen LogP) is 6.18. The molecule has 3 N–H and O–H groups in total. The molecule has 3 aromatic heterocycles. The summed E-state index contributed by atoms with van der Waals surface area (Å²) in [6.45, 7) is 11.5. The number of H-pyrrole nitrogens is 1. The van der Waals surface area contributed by atoms with Gasteiger partial charge in [-0.1, -0.05) is 24.6 Å². The van der Waals surface area contributed by atoms with E-state index in [0.717, 1.165) is 48.2 Å². The lowest BCUT2D eigenvalue weighted by atomic mass is 10.1. The average Bonchev–Trinajstić information content (AvgIpc) is 3.34. The van der Waals surface area contributed by atoms with Crippen LogP contribution in [0.4, 0.5) is 11.4 Å². The Labute approximate surface area is 238 Å². The first-order valence-electron chi connectivity index (χ1n) is 13.5. The van der Waals surface area contributed by atoms with E-state index in [-0.39, 0.29) is 21.9 Å². The first-order chi connectivity index (χ1) is 19.2. The van der Waals surface area contributed by atoms with Crippen LogP contribution in [0, 0.1) is 6.92 Å². The first kappa shape index (κ1) is 28.6. The second-order valence-electron chi connectivity index (χ2n) is 10.2. The number of anilines is 2. The molecule has 214 valence electrons. The molecule has 0 atom stereocenters.